The monoisotopic (exact) mass is 407 g/mol. The van der Waals surface area contributed by atoms with Crippen molar-refractivity contribution in [1.82, 2.24) is 9.88 Å². The number of anilines is 1. The molecule has 4 rings (SSSR count). The number of rotatable bonds is 6. The van der Waals surface area contributed by atoms with Gasteiger partial charge in [-0.05, 0) is 67.1 Å². The second-order valence-corrected chi connectivity index (χ2v) is 8.05. The van der Waals surface area contributed by atoms with E-state index in [1.165, 1.54) is 12.0 Å². The lowest BCUT2D eigenvalue weighted by atomic mass is 10.0. The molecule has 1 atom stereocenters. The molecule has 6 nitrogen and oxygen atoms in total. The summed E-state index contributed by atoms with van der Waals surface area (Å²) in [5, 5.41) is 2.88. The number of fused-ring (bicyclic) bond motifs is 1. The molecule has 0 radical (unpaired) electrons. The Bertz CT molecular complexity index is 885. The maximum atomic E-state index is 13.0. The molecule has 0 saturated carbocycles. The van der Waals surface area contributed by atoms with Gasteiger partial charge in [-0.25, -0.2) is 0 Å². The Morgan fingerprint density at radius 2 is 2.00 bits per heavy atom. The van der Waals surface area contributed by atoms with E-state index >= 15 is 0 Å². The molecule has 3 heterocycles. The molecule has 2 amide bonds. The van der Waals surface area contributed by atoms with E-state index < -0.39 is 0 Å². The van der Waals surface area contributed by atoms with Gasteiger partial charge in [0.15, 0.2) is 0 Å². The van der Waals surface area contributed by atoms with Gasteiger partial charge in [-0.2, -0.15) is 0 Å². The molecule has 30 heavy (non-hydrogen) atoms. The van der Waals surface area contributed by atoms with Gasteiger partial charge in [-0.1, -0.05) is 12.8 Å². The minimum atomic E-state index is 0.0632. The van der Waals surface area contributed by atoms with Gasteiger partial charge in [0.1, 0.15) is 5.75 Å². The van der Waals surface area contributed by atoms with Crippen LogP contribution in [0.5, 0.6) is 5.75 Å². The Balaban J connectivity index is 1.30. The van der Waals surface area contributed by atoms with E-state index in [1.807, 2.05) is 30.3 Å². The summed E-state index contributed by atoms with van der Waals surface area (Å²) in [7, 11) is 0. The lowest BCUT2D eigenvalue weighted by molar-refractivity contribution is -0.133. The number of hydrogen-bond acceptors (Lipinski definition) is 4. The van der Waals surface area contributed by atoms with Crippen LogP contribution in [0.3, 0.4) is 0 Å². The molecule has 1 N–H and O–H groups in total. The molecule has 6 heteroatoms. The number of carbonyl (C=O) groups is 2. The number of likely N-dealkylation sites (tertiary alicyclic amines) is 1. The summed E-state index contributed by atoms with van der Waals surface area (Å²) in [4.78, 5) is 30.6. The van der Waals surface area contributed by atoms with Crippen molar-refractivity contribution in [2.24, 2.45) is 0 Å². The van der Waals surface area contributed by atoms with Crippen LogP contribution in [0.2, 0.25) is 0 Å². The number of nitrogens with one attached hydrogen (secondary N) is 1. The zero-order valence-electron chi connectivity index (χ0n) is 17.3. The zero-order chi connectivity index (χ0) is 20.8. The van der Waals surface area contributed by atoms with Gasteiger partial charge in [-0.15, -0.1) is 0 Å². The molecule has 0 aliphatic carbocycles. The molecule has 2 aliphatic rings. The van der Waals surface area contributed by atoms with E-state index in [4.69, 9.17) is 4.74 Å². The zero-order valence-corrected chi connectivity index (χ0v) is 17.3. The van der Waals surface area contributed by atoms with E-state index in [-0.39, 0.29) is 17.9 Å². The summed E-state index contributed by atoms with van der Waals surface area (Å²) in [5.41, 5.74) is 3.16. The molecular formula is C24H29N3O3. The van der Waals surface area contributed by atoms with Crippen LogP contribution in [0.25, 0.3) is 0 Å². The molecular weight excluding hydrogens is 378 g/mol. The summed E-state index contributed by atoms with van der Waals surface area (Å²) in [6, 6.07) is 9.96. The van der Waals surface area contributed by atoms with Crippen molar-refractivity contribution in [2.45, 2.75) is 57.4 Å². The smallest absolute Gasteiger partial charge is 0.224 e. The highest BCUT2D eigenvalue weighted by Crippen LogP contribution is 2.31. The summed E-state index contributed by atoms with van der Waals surface area (Å²) < 4.78 is 5.88. The number of amides is 2. The van der Waals surface area contributed by atoms with Crippen molar-refractivity contribution in [3.63, 3.8) is 0 Å². The largest absolute Gasteiger partial charge is 0.494 e. The van der Waals surface area contributed by atoms with Crippen molar-refractivity contribution in [3.8, 4) is 5.75 Å². The van der Waals surface area contributed by atoms with Crippen molar-refractivity contribution in [2.75, 3.05) is 18.5 Å². The Hall–Kier alpha value is -2.89. The normalized spacial score (nSPS) is 18.9. The third-order valence-corrected chi connectivity index (χ3v) is 5.94. The van der Waals surface area contributed by atoms with Crippen LogP contribution in [0.1, 0.15) is 62.1 Å². The van der Waals surface area contributed by atoms with E-state index in [9.17, 15) is 9.59 Å². The maximum Gasteiger partial charge on any atom is 0.224 e. The van der Waals surface area contributed by atoms with Gasteiger partial charge in [0.05, 0.1) is 12.6 Å². The van der Waals surface area contributed by atoms with Crippen LogP contribution in [-0.2, 0) is 16.0 Å². The highest BCUT2D eigenvalue weighted by atomic mass is 16.5. The highest BCUT2D eigenvalue weighted by Gasteiger charge is 2.26. The number of carbonyl (C=O) groups excluding carboxylic acids is 2. The number of pyridine rings is 1. The molecule has 1 fully saturated rings. The van der Waals surface area contributed by atoms with Crippen LogP contribution in [0.15, 0.2) is 42.7 Å². The first-order chi connectivity index (χ1) is 14.7. The van der Waals surface area contributed by atoms with Crippen LogP contribution >= 0.6 is 0 Å². The molecule has 0 spiro atoms. The van der Waals surface area contributed by atoms with E-state index in [1.54, 1.807) is 12.4 Å². The van der Waals surface area contributed by atoms with Crippen molar-refractivity contribution in [1.29, 1.82) is 0 Å². The predicted molar refractivity (Wildman–Crippen MR) is 115 cm³/mol. The average Bonchev–Trinajstić information content (AvgIpc) is 3.03. The van der Waals surface area contributed by atoms with Gasteiger partial charge in [0.25, 0.3) is 0 Å². The first-order valence-corrected chi connectivity index (χ1v) is 11.0. The topological polar surface area (TPSA) is 71.5 Å². The third kappa shape index (κ3) is 4.99. The molecule has 0 bridgehead atoms. The van der Waals surface area contributed by atoms with E-state index in [0.29, 0.717) is 25.9 Å². The van der Waals surface area contributed by atoms with Gasteiger partial charge in [-0.3, -0.25) is 14.6 Å². The maximum absolute atomic E-state index is 13.0. The molecule has 2 aliphatic heterocycles. The molecule has 1 aromatic carbocycles. The molecule has 1 unspecified atom stereocenters. The number of aromatic nitrogens is 1. The lowest BCUT2D eigenvalue weighted by Crippen LogP contribution is -2.34. The van der Waals surface area contributed by atoms with E-state index in [2.05, 4.69) is 15.2 Å². The van der Waals surface area contributed by atoms with Crippen LogP contribution in [-0.4, -0.2) is 34.8 Å². The van der Waals surface area contributed by atoms with E-state index in [0.717, 1.165) is 49.2 Å². The molecule has 2 aromatic rings. The number of ether oxygens (including phenoxy) is 1. The Kier molecular flexibility index (Phi) is 6.62. The number of hydrogen-bond donors (Lipinski definition) is 1. The molecule has 158 valence electrons. The minimum Gasteiger partial charge on any atom is -0.494 e. The Morgan fingerprint density at radius 1 is 1.13 bits per heavy atom. The third-order valence-electron chi connectivity index (χ3n) is 5.94. The Morgan fingerprint density at radius 3 is 2.87 bits per heavy atom. The second-order valence-electron chi connectivity index (χ2n) is 8.05. The first-order valence-electron chi connectivity index (χ1n) is 11.0. The average molecular weight is 408 g/mol. The van der Waals surface area contributed by atoms with Crippen molar-refractivity contribution in [3.05, 3.63) is 53.9 Å². The highest BCUT2D eigenvalue weighted by molar-refractivity contribution is 5.94. The standard InChI is InChI=1S/C24H29N3O3/c28-23-10-7-19-17-20(8-9-21(19)26-23)30-16-4-6-24(29)27-15-3-1-2-5-22(27)18-11-13-25-14-12-18/h8-9,11-14,17,22H,1-7,10,15-16H2,(H,26,28). The molecule has 1 aromatic heterocycles. The quantitative estimate of drug-likeness (QED) is 0.726. The fraction of sp³-hybridized carbons (Fsp3) is 0.458. The first kappa shape index (κ1) is 20.4. The van der Waals surface area contributed by atoms with Crippen LogP contribution < -0.4 is 10.1 Å². The summed E-state index contributed by atoms with van der Waals surface area (Å²) in [6.07, 6.45) is 10.4. The van der Waals surface area contributed by atoms with Crippen LogP contribution in [0.4, 0.5) is 5.69 Å². The predicted octanol–water partition coefficient (Wildman–Crippen LogP) is 4.27. The summed E-state index contributed by atoms with van der Waals surface area (Å²) in [5.74, 6) is 1.06. The van der Waals surface area contributed by atoms with Crippen LogP contribution in [0, 0.1) is 0 Å². The van der Waals surface area contributed by atoms with Gasteiger partial charge >= 0.3 is 0 Å². The number of nitrogens with zero attached hydrogens (tertiary/aromatic N) is 2. The van der Waals surface area contributed by atoms with Gasteiger partial charge < -0.3 is 15.0 Å². The minimum absolute atomic E-state index is 0.0632. The summed E-state index contributed by atoms with van der Waals surface area (Å²) >= 11 is 0. The summed E-state index contributed by atoms with van der Waals surface area (Å²) in [6.45, 7) is 1.33. The van der Waals surface area contributed by atoms with Crippen molar-refractivity contribution < 1.29 is 14.3 Å². The van der Waals surface area contributed by atoms with Crippen molar-refractivity contribution >= 4 is 17.5 Å². The Labute approximate surface area is 177 Å². The number of benzene rings is 1. The number of aryl methyl sites for hydroxylation is 1. The van der Waals surface area contributed by atoms with Gasteiger partial charge in [0, 0.05) is 37.5 Å². The second kappa shape index (κ2) is 9.74. The fourth-order valence-corrected chi connectivity index (χ4v) is 4.35. The lowest BCUT2D eigenvalue weighted by Gasteiger charge is -2.30. The molecule has 1 saturated heterocycles. The SMILES string of the molecule is O=C1CCc2cc(OCCCC(=O)N3CCCCCC3c3ccncc3)ccc2N1. The fourth-order valence-electron chi connectivity index (χ4n) is 4.35. The van der Waals surface area contributed by atoms with Gasteiger partial charge in [0.2, 0.25) is 11.8 Å².